The van der Waals surface area contributed by atoms with Crippen molar-refractivity contribution in [3.8, 4) is 5.69 Å². The lowest BCUT2D eigenvalue weighted by Gasteiger charge is -2.24. The van der Waals surface area contributed by atoms with Gasteiger partial charge in [0.1, 0.15) is 6.33 Å². The van der Waals surface area contributed by atoms with E-state index in [1.165, 1.54) is 6.33 Å². The topological polar surface area (TPSA) is 72.7 Å². The van der Waals surface area contributed by atoms with Gasteiger partial charge in [0.05, 0.1) is 16.4 Å². The van der Waals surface area contributed by atoms with Crippen LogP contribution in [0.25, 0.3) is 5.69 Å². The summed E-state index contributed by atoms with van der Waals surface area (Å²) < 4.78 is 13.0. The fourth-order valence-corrected chi connectivity index (χ4v) is 3.68. The Kier molecular flexibility index (Phi) is 3.98. The van der Waals surface area contributed by atoms with Crippen molar-refractivity contribution in [3.63, 3.8) is 0 Å². The first-order valence-electron chi connectivity index (χ1n) is 6.37. The van der Waals surface area contributed by atoms with Crippen molar-refractivity contribution in [2.24, 2.45) is 0 Å². The van der Waals surface area contributed by atoms with Crippen LogP contribution in [-0.2, 0) is 10.8 Å². The zero-order chi connectivity index (χ0) is 13.9. The number of nitrogens with one attached hydrogen (secondary N) is 1. The van der Waals surface area contributed by atoms with Crippen LogP contribution < -0.4 is 5.32 Å². The number of aromatic nitrogens is 4. The molecule has 1 aliphatic rings. The highest BCUT2D eigenvalue weighted by Crippen LogP contribution is 2.26. The van der Waals surface area contributed by atoms with Gasteiger partial charge in [-0.25, -0.2) is 4.68 Å². The van der Waals surface area contributed by atoms with Crippen LogP contribution in [0.2, 0.25) is 5.02 Å². The number of tetrazole rings is 1. The van der Waals surface area contributed by atoms with Crippen LogP contribution in [0.4, 0.5) is 5.69 Å². The zero-order valence-electron chi connectivity index (χ0n) is 10.7. The molecule has 106 valence electrons. The minimum Gasteiger partial charge on any atom is -0.381 e. The largest absolute Gasteiger partial charge is 0.381 e. The molecule has 0 atom stereocenters. The lowest BCUT2D eigenvalue weighted by molar-refractivity contribution is 0.624. The SMILES string of the molecule is O=S1CCC(Nc2cc(-n3cnnn3)ccc2Cl)CC1. The molecular formula is C12H14ClN5OS. The second kappa shape index (κ2) is 5.88. The number of hydrogen-bond donors (Lipinski definition) is 1. The molecule has 1 saturated heterocycles. The lowest BCUT2D eigenvalue weighted by atomic mass is 10.1. The summed E-state index contributed by atoms with van der Waals surface area (Å²) in [5.41, 5.74) is 1.71. The van der Waals surface area contributed by atoms with Crippen LogP contribution in [0.15, 0.2) is 24.5 Å². The van der Waals surface area contributed by atoms with E-state index < -0.39 is 10.8 Å². The smallest absolute Gasteiger partial charge is 0.143 e. The van der Waals surface area contributed by atoms with E-state index in [9.17, 15) is 4.21 Å². The average Bonchev–Trinajstić information content (AvgIpc) is 2.98. The monoisotopic (exact) mass is 311 g/mol. The summed E-state index contributed by atoms with van der Waals surface area (Å²) in [4.78, 5) is 0. The summed E-state index contributed by atoms with van der Waals surface area (Å²) >= 11 is 6.22. The predicted molar refractivity (Wildman–Crippen MR) is 78.7 cm³/mol. The predicted octanol–water partition coefficient (Wildman–Crippen LogP) is 1.64. The highest BCUT2D eigenvalue weighted by molar-refractivity contribution is 7.85. The van der Waals surface area contributed by atoms with Crippen molar-refractivity contribution in [2.75, 3.05) is 16.8 Å². The van der Waals surface area contributed by atoms with E-state index in [1.54, 1.807) is 4.68 Å². The number of benzene rings is 1. The van der Waals surface area contributed by atoms with Crippen molar-refractivity contribution in [1.29, 1.82) is 0 Å². The maximum Gasteiger partial charge on any atom is 0.143 e. The van der Waals surface area contributed by atoms with Crippen molar-refractivity contribution in [2.45, 2.75) is 18.9 Å². The number of anilines is 1. The Hall–Kier alpha value is -1.47. The molecule has 1 aromatic carbocycles. The molecule has 1 aromatic heterocycles. The Bertz CT molecular complexity index is 608. The van der Waals surface area contributed by atoms with Gasteiger partial charge in [0.2, 0.25) is 0 Å². The van der Waals surface area contributed by atoms with Gasteiger partial charge in [0, 0.05) is 28.3 Å². The number of hydrogen-bond acceptors (Lipinski definition) is 5. The minimum absolute atomic E-state index is 0.314. The van der Waals surface area contributed by atoms with E-state index >= 15 is 0 Å². The molecular weight excluding hydrogens is 298 g/mol. The quantitative estimate of drug-likeness (QED) is 0.933. The highest BCUT2D eigenvalue weighted by atomic mass is 35.5. The zero-order valence-corrected chi connectivity index (χ0v) is 12.3. The molecule has 0 spiro atoms. The Balaban J connectivity index is 1.78. The van der Waals surface area contributed by atoms with Gasteiger partial charge >= 0.3 is 0 Å². The molecule has 20 heavy (non-hydrogen) atoms. The number of rotatable bonds is 3. The molecule has 1 fully saturated rings. The van der Waals surface area contributed by atoms with Crippen molar-refractivity contribution >= 4 is 28.1 Å². The lowest BCUT2D eigenvalue weighted by Crippen LogP contribution is -2.29. The summed E-state index contributed by atoms with van der Waals surface area (Å²) in [7, 11) is -0.657. The standard InChI is InChI=1S/C12H14ClN5OS/c13-11-2-1-10(18-8-14-16-17-18)7-12(11)15-9-3-5-20(19)6-4-9/h1-2,7-9,15H,3-6H2. The van der Waals surface area contributed by atoms with Gasteiger partial charge in [-0.3, -0.25) is 4.21 Å². The third kappa shape index (κ3) is 2.99. The van der Waals surface area contributed by atoms with E-state index in [0.717, 1.165) is 35.7 Å². The van der Waals surface area contributed by atoms with Gasteiger partial charge in [-0.1, -0.05) is 11.6 Å². The van der Waals surface area contributed by atoms with E-state index in [-0.39, 0.29) is 0 Å². The molecule has 0 radical (unpaired) electrons. The van der Waals surface area contributed by atoms with Gasteiger partial charge in [-0.05, 0) is 41.5 Å². The minimum atomic E-state index is -0.657. The first-order chi connectivity index (χ1) is 9.72. The summed E-state index contributed by atoms with van der Waals surface area (Å²) in [6, 6.07) is 5.92. The third-order valence-corrected chi connectivity index (χ3v) is 5.02. The fraction of sp³-hybridized carbons (Fsp3) is 0.417. The molecule has 3 rings (SSSR count). The summed E-state index contributed by atoms with van der Waals surface area (Å²) in [6.45, 7) is 0. The Morgan fingerprint density at radius 3 is 2.85 bits per heavy atom. The second-order valence-electron chi connectivity index (χ2n) is 4.69. The Morgan fingerprint density at radius 2 is 2.15 bits per heavy atom. The molecule has 0 saturated carbocycles. The van der Waals surface area contributed by atoms with Crippen molar-refractivity contribution in [3.05, 3.63) is 29.5 Å². The summed E-state index contributed by atoms with van der Waals surface area (Å²) in [6.07, 6.45) is 3.34. The van der Waals surface area contributed by atoms with Crippen LogP contribution in [0.5, 0.6) is 0 Å². The summed E-state index contributed by atoms with van der Waals surface area (Å²) in [5.74, 6) is 1.50. The molecule has 0 unspecified atom stereocenters. The molecule has 2 aromatic rings. The van der Waals surface area contributed by atoms with Gasteiger partial charge in [-0.15, -0.1) is 5.10 Å². The fourth-order valence-electron chi connectivity index (χ4n) is 2.20. The summed E-state index contributed by atoms with van der Waals surface area (Å²) in [5, 5.41) is 15.2. The first-order valence-corrected chi connectivity index (χ1v) is 8.23. The highest BCUT2D eigenvalue weighted by Gasteiger charge is 2.18. The molecule has 0 amide bonds. The van der Waals surface area contributed by atoms with E-state index in [0.29, 0.717) is 11.1 Å². The van der Waals surface area contributed by atoms with Crippen LogP contribution >= 0.6 is 11.6 Å². The molecule has 8 heteroatoms. The van der Waals surface area contributed by atoms with Crippen molar-refractivity contribution in [1.82, 2.24) is 20.2 Å². The molecule has 0 bridgehead atoms. The molecule has 0 aliphatic carbocycles. The van der Waals surface area contributed by atoms with Crippen LogP contribution in [0.1, 0.15) is 12.8 Å². The van der Waals surface area contributed by atoms with Gasteiger partial charge in [-0.2, -0.15) is 0 Å². The van der Waals surface area contributed by atoms with E-state index in [4.69, 9.17) is 11.6 Å². The van der Waals surface area contributed by atoms with Crippen molar-refractivity contribution < 1.29 is 4.21 Å². The molecule has 1 aliphatic heterocycles. The maximum atomic E-state index is 11.4. The van der Waals surface area contributed by atoms with Gasteiger partial charge in [0.25, 0.3) is 0 Å². The van der Waals surface area contributed by atoms with Crippen LogP contribution in [-0.4, -0.2) is 42.0 Å². The van der Waals surface area contributed by atoms with Crippen LogP contribution in [0, 0.1) is 0 Å². The van der Waals surface area contributed by atoms with E-state index in [2.05, 4.69) is 20.8 Å². The molecule has 1 N–H and O–H groups in total. The number of nitrogens with zero attached hydrogens (tertiary/aromatic N) is 4. The normalized spacial score (nSPS) is 22.6. The third-order valence-electron chi connectivity index (χ3n) is 3.31. The molecule has 2 heterocycles. The second-order valence-corrected chi connectivity index (χ2v) is 6.79. The average molecular weight is 312 g/mol. The molecule has 6 nitrogen and oxygen atoms in total. The number of halogens is 1. The van der Waals surface area contributed by atoms with Gasteiger partial charge < -0.3 is 5.32 Å². The first kappa shape index (κ1) is 13.5. The Labute approximate surface area is 124 Å². The van der Waals surface area contributed by atoms with E-state index in [1.807, 2.05) is 18.2 Å². The van der Waals surface area contributed by atoms with Gasteiger partial charge in [0.15, 0.2) is 0 Å². The Morgan fingerprint density at radius 1 is 1.35 bits per heavy atom. The maximum absolute atomic E-state index is 11.4. The van der Waals surface area contributed by atoms with Crippen LogP contribution in [0.3, 0.4) is 0 Å².